The second-order valence-corrected chi connectivity index (χ2v) is 9.22. The van der Waals surface area contributed by atoms with E-state index in [0.29, 0.717) is 24.7 Å². The van der Waals surface area contributed by atoms with Crippen LogP contribution in [0.25, 0.3) is 0 Å². The summed E-state index contributed by atoms with van der Waals surface area (Å²) in [6, 6.07) is 14.9. The van der Waals surface area contributed by atoms with E-state index in [9.17, 15) is 9.59 Å². The Kier molecular flexibility index (Phi) is 5.66. The maximum atomic E-state index is 12.7. The second kappa shape index (κ2) is 8.74. The maximum absolute atomic E-state index is 12.7. The highest BCUT2D eigenvalue weighted by Gasteiger charge is 2.26. The van der Waals surface area contributed by atoms with E-state index in [4.69, 9.17) is 0 Å². The highest BCUT2D eigenvalue weighted by Crippen LogP contribution is 2.30. The number of nitrogens with one attached hydrogen (secondary N) is 1. The molecular formula is C26H31N3O2. The Morgan fingerprint density at radius 2 is 1.87 bits per heavy atom. The minimum absolute atomic E-state index is 0.0691. The first-order valence-corrected chi connectivity index (χ1v) is 11.7. The zero-order chi connectivity index (χ0) is 21.2. The number of hydrogen-bond acceptors (Lipinski definition) is 3. The molecule has 2 aromatic carbocycles. The molecule has 0 bridgehead atoms. The first-order valence-electron chi connectivity index (χ1n) is 11.7. The van der Waals surface area contributed by atoms with Gasteiger partial charge in [-0.25, -0.2) is 0 Å². The van der Waals surface area contributed by atoms with Crippen molar-refractivity contribution < 1.29 is 9.59 Å². The molecule has 3 aliphatic rings. The fraction of sp³-hybridized carbons (Fsp3) is 0.462. The molecule has 0 saturated carbocycles. The van der Waals surface area contributed by atoms with E-state index >= 15 is 0 Å². The van der Waals surface area contributed by atoms with E-state index in [2.05, 4.69) is 51.5 Å². The molecule has 5 nitrogen and oxygen atoms in total. The third-order valence-electron chi connectivity index (χ3n) is 7.08. The van der Waals surface area contributed by atoms with Crippen molar-refractivity contribution in [2.45, 2.75) is 44.9 Å². The van der Waals surface area contributed by atoms with Crippen LogP contribution in [0.1, 0.15) is 42.4 Å². The van der Waals surface area contributed by atoms with Crippen molar-refractivity contribution in [2.75, 3.05) is 36.4 Å². The van der Waals surface area contributed by atoms with Gasteiger partial charge in [-0.3, -0.25) is 9.59 Å². The van der Waals surface area contributed by atoms with Crippen molar-refractivity contribution >= 4 is 23.2 Å². The van der Waals surface area contributed by atoms with Gasteiger partial charge in [0.1, 0.15) is 0 Å². The van der Waals surface area contributed by atoms with Gasteiger partial charge in [-0.1, -0.05) is 30.3 Å². The summed E-state index contributed by atoms with van der Waals surface area (Å²) < 4.78 is 0. The third kappa shape index (κ3) is 4.46. The first-order chi connectivity index (χ1) is 15.2. The van der Waals surface area contributed by atoms with Crippen LogP contribution in [0.4, 0.5) is 11.4 Å². The van der Waals surface area contributed by atoms with Crippen molar-refractivity contribution in [1.82, 2.24) is 4.90 Å². The molecule has 1 N–H and O–H groups in total. The number of para-hydroxylation sites is 1. The molecule has 0 unspecified atom stereocenters. The molecule has 0 atom stereocenters. The van der Waals surface area contributed by atoms with Crippen molar-refractivity contribution in [3.05, 3.63) is 59.2 Å². The van der Waals surface area contributed by atoms with E-state index in [-0.39, 0.29) is 5.91 Å². The van der Waals surface area contributed by atoms with Gasteiger partial charge in [0, 0.05) is 44.0 Å². The molecule has 31 heavy (non-hydrogen) atoms. The lowest BCUT2D eigenvalue weighted by Crippen LogP contribution is -2.41. The second-order valence-electron chi connectivity index (χ2n) is 9.22. The minimum atomic E-state index is 0.0691. The van der Waals surface area contributed by atoms with Crippen LogP contribution in [-0.4, -0.2) is 42.9 Å². The Labute approximate surface area is 184 Å². The molecule has 3 aliphatic heterocycles. The van der Waals surface area contributed by atoms with Gasteiger partial charge in [0.15, 0.2) is 0 Å². The largest absolute Gasteiger partial charge is 0.371 e. The lowest BCUT2D eigenvalue weighted by molar-refractivity contribution is -0.132. The zero-order valence-electron chi connectivity index (χ0n) is 18.1. The van der Waals surface area contributed by atoms with Crippen molar-refractivity contribution in [3.63, 3.8) is 0 Å². The lowest BCUT2D eigenvalue weighted by Gasteiger charge is -2.34. The maximum Gasteiger partial charge on any atom is 0.228 e. The summed E-state index contributed by atoms with van der Waals surface area (Å²) in [5.41, 5.74) is 6.11. The van der Waals surface area contributed by atoms with Crippen molar-refractivity contribution in [2.24, 2.45) is 5.92 Å². The predicted molar refractivity (Wildman–Crippen MR) is 123 cm³/mol. The number of hydrogen-bond donors (Lipinski definition) is 1. The molecular weight excluding hydrogens is 386 g/mol. The van der Waals surface area contributed by atoms with Crippen LogP contribution in [0.15, 0.2) is 42.5 Å². The van der Waals surface area contributed by atoms with E-state index in [1.54, 1.807) is 0 Å². The van der Waals surface area contributed by atoms with Gasteiger partial charge in [0.2, 0.25) is 11.8 Å². The molecule has 2 amide bonds. The van der Waals surface area contributed by atoms with Gasteiger partial charge in [0.25, 0.3) is 0 Å². The summed E-state index contributed by atoms with van der Waals surface area (Å²) in [5.74, 6) is 1.04. The number of rotatable bonds is 6. The normalized spacial score (nSPS) is 18.1. The highest BCUT2D eigenvalue weighted by atomic mass is 16.2. The van der Waals surface area contributed by atoms with E-state index in [1.807, 2.05) is 6.07 Å². The van der Waals surface area contributed by atoms with Crippen LogP contribution in [-0.2, 0) is 28.9 Å². The topological polar surface area (TPSA) is 52.7 Å². The SMILES string of the molecule is O=C1Cc2cc(CCCC(=O)N3CCC(CN4CCc5ccccc54)CC3)ccc2N1. The molecule has 3 heterocycles. The fourth-order valence-electron chi connectivity index (χ4n) is 5.31. The third-order valence-corrected chi connectivity index (χ3v) is 7.08. The van der Waals surface area contributed by atoms with Crippen LogP contribution in [0.5, 0.6) is 0 Å². The van der Waals surface area contributed by atoms with Gasteiger partial charge in [-0.05, 0) is 66.8 Å². The van der Waals surface area contributed by atoms with Gasteiger partial charge < -0.3 is 15.1 Å². The first kappa shape index (κ1) is 20.1. The van der Waals surface area contributed by atoms with E-state index < -0.39 is 0 Å². The Balaban J connectivity index is 1.05. The minimum Gasteiger partial charge on any atom is -0.371 e. The molecule has 0 radical (unpaired) electrons. The van der Waals surface area contributed by atoms with Crippen LogP contribution >= 0.6 is 0 Å². The van der Waals surface area contributed by atoms with E-state index in [1.165, 1.54) is 16.8 Å². The van der Waals surface area contributed by atoms with Crippen LogP contribution in [0, 0.1) is 5.92 Å². The molecule has 2 aromatic rings. The molecule has 0 aliphatic carbocycles. The van der Waals surface area contributed by atoms with Gasteiger partial charge in [-0.15, -0.1) is 0 Å². The molecule has 0 aromatic heterocycles. The Morgan fingerprint density at radius 3 is 2.74 bits per heavy atom. The van der Waals surface area contributed by atoms with E-state index in [0.717, 1.165) is 69.5 Å². The Hall–Kier alpha value is -2.82. The predicted octanol–water partition coefficient (Wildman–Crippen LogP) is 3.81. The standard InChI is InChI=1S/C26H31N3O2/c30-25-17-22-16-19(8-9-23(22)27-25)4-3-7-26(31)28-13-10-20(11-14-28)18-29-15-12-21-5-1-2-6-24(21)29/h1-2,5-6,8-9,16,20H,3-4,7,10-15,17-18H2,(H,27,30). The summed E-state index contributed by atoms with van der Waals surface area (Å²) in [6.45, 7) is 4.04. The highest BCUT2D eigenvalue weighted by molar-refractivity contribution is 5.99. The van der Waals surface area contributed by atoms with Gasteiger partial charge in [0.05, 0.1) is 6.42 Å². The summed E-state index contributed by atoms with van der Waals surface area (Å²) in [5, 5.41) is 2.87. The fourth-order valence-corrected chi connectivity index (χ4v) is 5.31. The van der Waals surface area contributed by atoms with Crippen LogP contribution in [0.3, 0.4) is 0 Å². The molecule has 162 valence electrons. The number of carbonyl (C=O) groups excluding carboxylic acids is 2. The average Bonchev–Trinajstić information content (AvgIpc) is 3.36. The quantitative estimate of drug-likeness (QED) is 0.778. The number of piperidine rings is 1. The smallest absolute Gasteiger partial charge is 0.228 e. The lowest BCUT2D eigenvalue weighted by atomic mass is 9.95. The molecule has 1 fully saturated rings. The number of nitrogens with zero attached hydrogens (tertiary/aromatic N) is 2. The number of anilines is 2. The van der Waals surface area contributed by atoms with Crippen LogP contribution < -0.4 is 10.2 Å². The van der Waals surface area contributed by atoms with Gasteiger partial charge >= 0.3 is 0 Å². The number of likely N-dealkylation sites (tertiary alicyclic amines) is 1. The zero-order valence-corrected chi connectivity index (χ0v) is 18.1. The molecule has 5 heteroatoms. The monoisotopic (exact) mass is 417 g/mol. The van der Waals surface area contributed by atoms with Crippen molar-refractivity contribution in [3.8, 4) is 0 Å². The molecule has 0 spiro atoms. The van der Waals surface area contributed by atoms with Crippen molar-refractivity contribution in [1.29, 1.82) is 0 Å². The molecule has 5 rings (SSSR count). The molecule has 1 saturated heterocycles. The Morgan fingerprint density at radius 1 is 1.03 bits per heavy atom. The number of amides is 2. The average molecular weight is 418 g/mol. The number of benzene rings is 2. The summed E-state index contributed by atoms with van der Waals surface area (Å²) in [7, 11) is 0. The summed E-state index contributed by atoms with van der Waals surface area (Å²) in [6.07, 6.45) is 6.21. The number of aryl methyl sites for hydroxylation is 1. The number of carbonyl (C=O) groups is 2. The summed E-state index contributed by atoms with van der Waals surface area (Å²) in [4.78, 5) is 28.8. The van der Waals surface area contributed by atoms with Gasteiger partial charge in [-0.2, -0.15) is 0 Å². The van der Waals surface area contributed by atoms with Crippen LogP contribution in [0.2, 0.25) is 0 Å². The number of fused-ring (bicyclic) bond motifs is 2. The Bertz CT molecular complexity index is 978. The summed E-state index contributed by atoms with van der Waals surface area (Å²) >= 11 is 0.